The van der Waals surface area contributed by atoms with Gasteiger partial charge in [-0.1, -0.05) is 91.0 Å². The second-order valence-corrected chi connectivity index (χ2v) is 10.7. The maximum atomic E-state index is 9.77. The van der Waals surface area contributed by atoms with Crippen molar-refractivity contribution in [3.05, 3.63) is 150 Å². The van der Waals surface area contributed by atoms with Gasteiger partial charge in [0.1, 0.15) is 29.3 Å². The van der Waals surface area contributed by atoms with Gasteiger partial charge in [0.05, 0.1) is 18.1 Å². The Hall–Kier alpha value is -6.37. The lowest BCUT2D eigenvalue weighted by atomic mass is 9.93. The Bertz CT molecular complexity index is 2280. The van der Waals surface area contributed by atoms with E-state index in [-0.39, 0.29) is 5.57 Å². The number of ether oxygens (including phenoxy) is 1. The number of nitriles is 2. The minimum atomic E-state index is 0.0631. The highest BCUT2D eigenvalue weighted by Gasteiger charge is 2.18. The van der Waals surface area contributed by atoms with Crippen LogP contribution in [-0.2, 0) is 6.54 Å². The zero-order chi connectivity index (χ0) is 30.8. The van der Waals surface area contributed by atoms with Crippen molar-refractivity contribution in [1.29, 1.82) is 10.5 Å². The van der Waals surface area contributed by atoms with E-state index in [0.29, 0.717) is 12.1 Å². The topological polar surface area (TPSA) is 90.4 Å². The molecule has 5 aromatic carbocycles. The zero-order valence-corrected chi connectivity index (χ0v) is 24.5. The number of benzene rings is 5. The molecular formula is C39H27N5O. The number of H-pyrrole nitrogens is 1. The summed E-state index contributed by atoms with van der Waals surface area (Å²) in [5.41, 5.74) is 9.19. The predicted octanol–water partition coefficient (Wildman–Crippen LogP) is 8.76. The second kappa shape index (κ2) is 11.7. The first kappa shape index (κ1) is 27.5. The molecule has 2 aromatic heterocycles. The SMILES string of the molecule is COc1ccccc1-c1ccc2c(c1)c(-c1nc3ccc(C(=C(C#N)C#N)c4ccccc4)cc3[nH]1)cn2Cc1ccccc1. The van der Waals surface area contributed by atoms with Crippen molar-refractivity contribution in [2.24, 2.45) is 0 Å². The Kier molecular flexibility index (Phi) is 7.15. The molecule has 0 aliphatic rings. The van der Waals surface area contributed by atoms with Gasteiger partial charge in [0, 0.05) is 40.3 Å². The molecule has 0 atom stereocenters. The van der Waals surface area contributed by atoms with Crippen molar-refractivity contribution < 1.29 is 4.74 Å². The van der Waals surface area contributed by atoms with Crippen LogP contribution in [0.2, 0.25) is 0 Å². The molecule has 6 heteroatoms. The van der Waals surface area contributed by atoms with Crippen molar-refractivity contribution in [3.8, 4) is 40.4 Å². The third kappa shape index (κ3) is 5.12. The molecule has 0 bridgehead atoms. The van der Waals surface area contributed by atoms with Crippen LogP contribution in [0.1, 0.15) is 16.7 Å². The summed E-state index contributed by atoms with van der Waals surface area (Å²) in [6, 6.07) is 44.4. The number of nitrogens with one attached hydrogen (secondary N) is 1. The summed E-state index contributed by atoms with van der Waals surface area (Å²) in [5, 5.41) is 20.6. The molecule has 45 heavy (non-hydrogen) atoms. The number of aromatic nitrogens is 3. The molecule has 0 unspecified atom stereocenters. The summed E-state index contributed by atoms with van der Waals surface area (Å²) in [7, 11) is 1.69. The molecule has 0 saturated heterocycles. The first-order valence-corrected chi connectivity index (χ1v) is 14.6. The Labute approximate surface area is 260 Å². The molecule has 0 fully saturated rings. The fourth-order valence-electron chi connectivity index (χ4n) is 5.94. The van der Waals surface area contributed by atoms with E-state index in [1.807, 2.05) is 72.8 Å². The Balaban J connectivity index is 1.39. The lowest BCUT2D eigenvalue weighted by Crippen LogP contribution is -1.97. The van der Waals surface area contributed by atoms with E-state index in [1.54, 1.807) is 7.11 Å². The molecule has 0 amide bonds. The summed E-state index contributed by atoms with van der Waals surface area (Å²) in [6.07, 6.45) is 2.15. The smallest absolute Gasteiger partial charge is 0.140 e. The van der Waals surface area contributed by atoms with Gasteiger partial charge < -0.3 is 14.3 Å². The molecule has 7 aromatic rings. The highest BCUT2D eigenvalue weighted by atomic mass is 16.5. The van der Waals surface area contributed by atoms with Gasteiger partial charge in [0.15, 0.2) is 0 Å². The molecule has 2 heterocycles. The fourth-order valence-corrected chi connectivity index (χ4v) is 5.94. The molecule has 6 nitrogen and oxygen atoms in total. The average Bonchev–Trinajstić information content (AvgIpc) is 3.68. The van der Waals surface area contributed by atoms with Crippen LogP contribution in [0, 0.1) is 22.7 Å². The van der Waals surface area contributed by atoms with Crippen molar-refractivity contribution in [2.75, 3.05) is 7.11 Å². The van der Waals surface area contributed by atoms with Gasteiger partial charge in [-0.2, -0.15) is 10.5 Å². The van der Waals surface area contributed by atoms with Crippen LogP contribution in [0.15, 0.2) is 133 Å². The maximum Gasteiger partial charge on any atom is 0.140 e. The number of para-hydroxylation sites is 1. The number of nitrogens with zero attached hydrogens (tertiary/aromatic N) is 4. The van der Waals surface area contributed by atoms with Crippen LogP contribution in [0.25, 0.3) is 50.0 Å². The summed E-state index contributed by atoms with van der Waals surface area (Å²) in [5.74, 6) is 1.55. The van der Waals surface area contributed by atoms with Gasteiger partial charge in [-0.05, 0) is 52.6 Å². The third-order valence-corrected chi connectivity index (χ3v) is 8.06. The number of methoxy groups -OCH3 is 1. The molecule has 0 radical (unpaired) electrons. The maximum absolute atomic E-state index is 9.77. The number of fused-ring (bicyclic) bond motifs is 2. The summed E-state index contributed by atoms with van der Waals surface area (Å²) >= 11 is 0. The van der Waals surface area contributed by atoms with Gasteiger partial charge in [0.2, 0.25) is 0 Å². The van der Waals surface area contributed by atoms with E-state index < -0.39 is 0 Å². The van der Waals surface area contributed by atoms with E-state index in [4.69, 9.17) is 9.72 Å². The van der Waals surface area contributed by atoms with Crippen LogP contribution in [0.3, 0.4) is 0 Å². The van der Waals surface area contributed by atoms with E-state index in [9.17, 15) is 10.5 Å². The molecule has 0 aliphatic heterocycles. The number of hydrogen-bond donors (Lipinski definition) is 1. The van der Waals surface area contributed by atoms with Gasteiger partial charge in [-0.3, -0.25) is 0 Å². The quantitative estimate of drug-likeness (QED) is 0.191. The average molecular weight is 582 g/mol. The first-order valence-electron chi connectivity index (χ1n) is 14.6. The second-order valence-electron chi connectivity index (χ2n) is 10.7. The summed E-state index contributed by atoms with van der Waals surface area (Å²) in [6.45, 7) is 0.714. The first-order chi connectivity index (χ1) is 22.2. The monoisotopic (exact) mass is 581 g/mol. The zero-order valence-electron chi connectivity index (χ0n) is 24.5. The van der Waals surface area contributed by atoms with E-state index >= 15 is 0 Å². The minimum absolute atomic E-state index is 0.0631. The molecule has 214 valence electrons. The van der Waals surface area contributed by atoms with Crippen LogP contribution < -0.4 is 4.74 Å². The number of hydrogen-bond acceptors (Lipinski definition) is 4. The van der Waals surface area contributed by atoms with Crippen molar-refractivity contribution in [1.82, 2.24) is 14.5 Å². The van der Waals surface area contributed by atoms with Crippen LogP contribution in [0.4, 0.5) is 0 Å². The van der Waals surface area contributed by atoms with Crippen molar-refractivity contribution >= 4 is 27.5 Å². The van der Waals surface area contributed by atoms with Crippen LogP contribution in [-0.4, -0.2) is 21.6 Å². The number of allylic oxidation sites excluding steroid dienone is 1. The van der Waals surface area contributed by atoms with Crippen molar-refractivity contribution in [3.63, 3.8) is 0 Å². The number of rotatable bonds is 7. The molecular weight excluding hydrogens is 554 g/mol. The molecule has 7 rings (SSSR count). The van der Waals surface area contributed by atoms with Gasteiger partial charge >= 0.3 is 0 Å². The predicted molar refractivity (Wildman–Crippen MR) is 178 cm³/mol. The Morgan fingerprint density at radius 1 is 0.778 bits per heavy atom. The summed E-state index contributed by atoms with van der Waals surface area (Å²) in [4.78, 5) is 8.56. The van der Waals surface area contributed by atoms with E-state index in [1.165, 1.54) is 5.56 Å². The molecule has 0 aliphatic carbocycles. The van der Waals surface area contributed by atoms with Gasteiger partial charge in [-0.25, -0.2) is 4.98 Å². The Morgan fingerprint density at radius 2 is 1.51 bits per heavy atom. The summed E-state index contributed by atoms with van der Waals surface area (Å²) < 4.78 is 7.94. The third-order valence-electron chi connectivity index (χ3n) is 8.06. The standard InChI is InChI=1S/C39H27N5O/c1-45-37-15-9-8-14-31(37)28-17-19-36-32(20-28)33(25-44(36)24-26-10-4-2-5-11-26)39-42-34-18-16-29(21-35(34)43-39)38(30(22-40)23-41)27-12-6-3-7-13-27/h2-21,25H,24H2,1H3,(H,42,43). The molecule has 0 saturated carbocycles. The minimum Gasteiger partial charge on any atom is -0.496 e. The molecule has 0 spiro atoms. The largest absolute Gasteiger partial charge is 0.496 e. The van der Waals surface area contributed by atoms with Crippen LogP contribution in [0.5, 0.6) is 5.75 Å². The van der Waals surface area contributed by atoms with Gasteiger partial charge in [0.25, 0.3) is 0 Å². The van der Waals surface area contributed by atoms with Crippen LogP contribution >= 0.6 is 0 Å². The fraction of sp³-hybridized carbons (Fsp3) is 0.0513. The van der Waals surface area contributed by atoms with Crippen molar-refractivity contribution in [2.45, 2.75) is 6.54 Å². The normalized spacial score (nSPS) is 10.8. The van der Waals surface area contributed by atoms with Gasteiger partial charge in [-0.15, -0.1) is 0 Å². The Morgan fingerprint density at radius 3 is 2.27 bits per heavy atom. The highest BCUT2D eigenvalue weighted by molar-refractivity contribution is 5.99. The lowest BCUT2D eigenvalue weighted by molar-refractivity contribution is 0.416. The lowest BCUT2D eigenvalue weighted by Gasteiger charge is -2.10. The number of aromatic amines is 1. The van der Waals surface area contributed by atoms with E-state index in [2.05, 4.69) is 76.4 Å². The number of imidazole rings is 1. The van der Waals surface area contributed by atoms with E-state index in [0.717, 1.165) is 61.3 Å². The highest BCUT2D eigenvalue weighted by Crippen LogP contribution is 2.37. The molecule has 1 N–H and O–H groups in total.